The molecule has 0 amide bonds. The Kier molecular flexibility index (Phi) is 2.64. The molecule has 2 rings (SSSR count). The van der Waals surface area contributed by atoms with E-state index in [0.717, 1.165) is 13.2 Å². The lowest BCUT2D eigenvalue weighted by molar-refractivity contribution is 0.120. The summed E-state index contributed by atoms with van der Waals surface area (Å²) in [4.78, 5) is 0. The summed E-state index contributed by atoms with van der Waals surface area (Å²) in [5, 5.41) is 7.55. The minimum atomic E-state index is 0.435. The molecule has 3 heteroatoms. The summed E-state index contributed by atoms with van der Waals surface area (Å²) < 4.78 is 5.49. The monoisotopic (exact) mass is 183 g/mol. The molecule has 0 bridgehead atoms. The van der Waals surface area contributed by atoms with Crippen molar-refractivity contribution < 1.29 is 4.74 Å². The lowest BCUT2D eigenvalue weighted by Gasteiger charge is -2.09. The van der Waals surface area contributed by atoms with Gasteiger partial charge in [0.2, 0.25) is 0 Å². The van der Waals surface area contributed by atoms with Crippen molar-refractivity contribution in [1.29, 1.82) is 0 Å². The summed E-state index contributed by atoms with van der Waals surface area (Å²) in [7, 11) is 0. The van der Waals surface area contributed by atoms with Crippen LogP contribution in [0.1, 0.15) is 12.8 Å². The third kappa shape index (κ3) is 1.99. The van der Waals surface area contributed by atoms with E-state index in [1.54, 1.807) is 11.3 Å². The molecule has 12 heavy (non-hydrogen) atoms. The molecule has 1 saturated heterocycles. The predicted molar refractivity (Wildman–Crippen MR) is 51.8 cm³/mol. The molecule has 2 heterocycles. The average molecular weight is 183 g/mol. The molecule has 1 aromatic rings. The van der Waals surface area contributed by atoms with Gasteiger partial charge >= 0.3 is 0 Å². The van der Waals surface area contributed by atoms with Gasteiger partial charge in [-0.2, -0.15) is 11.3 Å². The summed E-state index contributed by atoms with van der Waals surface area (Å²) in [6.45, 7) is 1.90. The maximum atomic E-state index is 5.49. The largest absolute Gasteiger partial charge is 0.382 e. The van der Waals surface area contributed by atoms with Crippen LogP contribution in [0, 0.1) is 0 Å². The van der Waals surface area contributed by atoms with Gasteiger partial charge in [0.1, 0.15) is 0 Å². The lowest BCUT2D eigenvalue weighted by Crippen LogP contribution is -2.17. The molecule has 0 saturated carbocycles. The van der Waals surface area contributed by atoms with E-state index >= 15 is 0 Å². The molecule has 0 aliphatic carbocycles. The highest BCUT2D eigenvalue weighted by atomic mass is 32.1. The van der Waals surface area contributed by atoms with Gasteiger partial charge in [0, 0.05) is 24.2 Å². The van der Waals surface area contributed by atoms with Crippen molar-refractivity contribution in [3.8, 4) is 0 Å². The first-order valence-electron chi connectivity index (χ1n) is 4.33. The van der Waals surface area contributed by atoms with Crippen LogP contribution < -0.4 is 5.32 Å². The normalized spacial score (nSPS) is 22.8. The van der Waals surface area contributed by atoms with Crippen molar-refractivity contribution in [2.45, 2.75) is 18.9 Å². The summed E-state index contributed by atoms with van der Waals surface area (Å²) >= 11 is 1.72. The standard InChI is InChI=1S/C9H13NOS/c1-2-9(11-4-1)6-10-8-3-5-12-7-8/h3,5,7,9-10H,1-2,4,6H2. The highest BCUT2D eigenvalue weighted by molar-refractivity contribution is 7.08. The van der Waals surface area contributed by atoms with Crippen molar-refractivity contribution in [2.24, 2.45) is 0 Å². The van der Waals surface area contributed by atoms with Crippen LogP contribution in [0.5, 0.6) is 0 Å². The minimum Gasteiger partial charge on any atom is -0.382 e. The number of rotatable bonds is 3. The van der Waals surface area contributed by atoms with Crippen LogP contribution in [0.3, 0.4) is 0 Å². The third-order valence-electron chi connectivity index (χ3n) is 2.08. The zero-order valence-electron chi connectivity index (χ0n) is 6.95. The number of thiophene rings is 1. The van der Waals surface area contributed by atoms with E-state index in [9.17, 15) is 0 Å². The third-order valence-corrected chi connectivity index (χ3v) is 2.76. The quantitative estimate of drug-likeness (QED) is 0.776. The van der Waals surface area contributed by atoms with Crippen molar-refractivity contribution in [1.82, 2.24) is 0 Å². The van der Waals surface area contributed by atoms with E-state index in [0.29, 0.717) is 6.10 Å². The second kappa shape index (κ2) is 3.92. The van der Waals surface area contributed by atoms with E-state index in [2.05, 4.69) is 22.1 Å². The van der Waals surface area contributed by atoms with Gasteiger partial charge in [-0.3, -0.25) is 0 Å². The number of hydrogen-bond acceptors (Lipinski definition) is 3. The van der Waals surface area contributed by atoms with E-state index in [1.165, 1.54) is 18.5 Å². The Morgan fingerprint density at radius 2 is 2.67 bits per heavy atom. The van der Waals surface area contributed by atoms with Crippen LogP contribution in [0.2, 0.25) is 0 Å². The molecular weight excluding hydrogens is 170 g/mol. The first-order chi connectivity index (χ1) is 5.95. The molecule has 0 radical (unpaired) electrons. The van der Waals surface area contributed by atoms with Crippen molar-refractivity contribution >= 4 is 17.0 Å². The molecule has 1 N–H and O–H groups in total. The van der Waals surface area contributed by atoms with Gasteiger partial charge in [-0.1, -0.05) is 0 Å². The Bertz CT molecular complexity index is 216. The van der Waals surface area contributed by atoms with E-state index in [-0.39, 0.29) is 0 Å². The van der Waals surface area contributed by atoms with Gasteiger partial charge in [0.25, 0.3) is 0 Å². The second-order valence-corrected chi connectivity index (χ2v) is 3.81. The lowest BCUT2D eigenvalue weighted by atomic mass is 10.2. The zero-order valence-corrected chi connectivity index (χ0v) is 7.77. The molecule has 1 atom stereocenters. The van der Waals surface area contributed by atoms with Gasteiger partial charge in [-0.05, 0) is 24.3 Å². The highest BCUT2D eigenvalue weighted by Gasteiger charge is 2.14. The fraction of sp³-hybridized carbons (Fsp3) is 0.556. The van der Waals surface area contributed by atoms with Crippen molar-refractivity contribution in [3.05, 3.63) is 16.8 Å². The summed E-state index contributed by atoms with van der Waals surface area (Å²) in [5.41, 5.74) is 1.22. The topological polar surface area (TPSA) is 21.3 Å². The summed E-state index contributed by atoms with van der Waals surface area (Å²) in [6.07, 6.45) is 2.86. The number of nitrogens with one attached hydrogen (secondary N) is 1. The van der Waals surface area contributed by atoms with E-state index < -0.39 is 0 Å². The fourth-order valence-electron chi connectivity index (χ4n) is 1.40. The molecule has 2 nitrogen and oxygen atoms in total. The minimum absolute atomic E-state index is 0.435. The molecule has 66 valence electrons. The van der Waals surface area contributed by atoms with Gasteiger partial charge in [-0.15, -0.1) is 0 Å². The SMILES string of the molecule is c1cc(NCC2CCCO2)cs1. The Hall–Kier alpha value is -0.540. The van der Waals surface area contributed by atoms with Crippen LogP contribution in [-0.4, -0.2) is 19.3 Å². The van der Waals surface area contributed by atoms with Gasteiger partial charge in [0.15, 0.2) is 0 Å². The van der Waals surface area contributed by atoms with Crippen LogP contribution >= 0.6 is 11.3 Å². The Morgan fingerprint density at radius 1 is 1.67 bits per heavy atom. The Labute approximate surface area is 76.6 Å². The van der Waals surface area contributed by atoms with Crippen LogP contribution in [0.4, 0.5) is 5.69 Å². The van der Waals surface area contributed by atoms with Crippen LogP contribution in [0.15, 0.2) is 16.8 Å². The second-order valence-electron chi connectivity index (χ2n) is 3.03. The highest BCUT2D eigenvalue weighted by Crippen LogP contribution is 2.15. The van der Waals surface area contributed by atoms with Crippen molar-refractivity contribution in [2.75, 3.05) is 18.5 Å². The van der Waals surface area contributed by atoms with E-state index in [4.69, 9.17) is 4.74 Å². The summed E-state index contributed by atoms with van der Waals surface area (Å²) in [6, 6.07) is 2.10. The molecule has 0 aromatic carbocycles. The van der Waals surface area contributed by atoms with Crippen molar-refractivity contribution in [3.63, 3.8) is 0 Å². The number of hydrogen-bond donors (Lipinski definition) is 1. The summed E-state index contributed by atoms with van der Waals surface area (Å²) in [5.74, 6) is 0. The maximum absolute atomic E-state index is 5.49. The molecule has 1 aliphatic rings. The van der Waals surface area contributed by atoms with Gasteiger partial charge < -0.3 is 10.1 Å². The number of ether oxygens (including phenoxy) is 1. The van der Waals surface area contributed by atoms with Crippen LogP contribution in [-0.2, 0) is 4.74 Å². The Balaban J connectivity index is 1.74. The molecule has 1 aromatic heterocycles. The zero-order chi connectivity index (χ0) is 8.23. The molecular formula is C9H13NOS. The number of anilines is 1. The van der Waals surface area contributed by atoms with E-state index in [1.807, 2.05) is 0 Å². The predicted octanol–water partition coefficient (Wildman–Crippen LogP) is 2.34. The first-order valence-corrected chi connectivity index (χ1v) is 5.27. The van der Waals surface area contributed by atoms with Gasteiger partial charge in [-0.25, -0.2) is 0 Å². The van der Waals surface area contributed by atoms with Crippen LogP contribution in [0.25, 0.3) is 0 Å². The maximum Gasteiger partial charge on any atom is 0.0748 e. The smallest absolute Gasteiger partial charge is 0.0748 e. The molecule has 0 spiro atoms. The molecule has 1 aliphatic heterocycles. The molecule has 1 fully saturated rings. The fourth-order valence-corrected chi connectivity index (χ4v) is 2.01. The Morgan fingerprint density at radius 3 is 3.33 bits per heavy atom. The van der Waals surface area contributed by atoms with Gasteiger partial charge in [0.05, 0.1) is 6.10 Å². The first kappa shape index (κ1) is 8.08. The average Bonchev–Trinajstić information content (AvgIpc) is 2.74. The molecule has 1 unspecified atom stereocenters.